The van der Waals surface area contributed by atoms with E-state index in [-0.39, 0.29) is 0 Å². The highest BCUT2D eigenvalue weighted by molar-refractivity contribution is 6.13. The standard InChI is InChI=1S/C23H28N2.C10H21N.C8H10/c1-6-18-12-13-21-20(15-18)17(5)25(23(7-2)24-21)22-11-9-8-10-19(22)14-16(3)4;1-5-8-11(9-6-2)10(4)7-3;1-7-3-5-8(2)6-4-7/h8-13,15-16H,5-7,14H2,1-4H3;4-9H2,1-3H3;3-6H,1-2H3. The van der Waals surface area contributed by atoms with Crippen molar-refractivity contribution in [1.29, 1.82) is 0 Å². The average molecular weight is 594 g/mol. The normalized spacial score (nSPS) is 12.0. The molecule has 0 saturated heterocycles. The molecule has 3 nitrogen and oxygen atoms in total. The van der Waals surface area contributed by atoms with E-state index in [1.165, 1.54) is 59.6 Å². The van der Waals surface area contributed by atoms with E-state index in [2.05, 4.69) is 152 Å². The van der Waals surface area contributed by atoms with Crippen LogP contribution in [0.3, 0.4) is 0 Å². The number of benzene rings is 3. The summed E-state index contributed by atoms with van der Waals surface area (Å²) in [6.07, 6.45) is 6.48. The molecular formula is C41H59N3. The molecule has 0 amide bonds. The monoisotopic (exact) mass is 593 g/mol. The number of hydrogen-bond donors (Lipinski definition) is 0. The minimum atomic E-state index is 0.611. The van der Waals surface area contributed by atoms with Crippen LogP contribution in [-0.2, 0) is 12.8 Å². The number of aliphatic imine (C=N–C) groups is 1. The summed E-state index contributed by atoms with van der Waals surface area (Å²) in [5.41, 5.74) is 11.1. The fourth-order valence-electron chi connectivity index (χ4n) is 5.29. The van der Waals surface area contributed by atoms with Gasteiger partial charge in [-0.1, -0.05) is 121 Å². The van der Waals surface area contributed by atoms with E-state index >= 15 is 0 Å². The first kappa shape index (κ1) is 36.6. The Morgan fingerprint density at radius 2 is 1.41 bits per heavy atom. The summed E-state index contributed by atoms with van der Waals surface area (Å²) in [5, 5.41) is 0. The highest BCUT2D eigenvalue weighted by atomic mass is 15.2. The molecule has 0 atom stereocenters. The van der Waals surface area contributed by atoms with Crippen molar-refractivity contribution in [2.24, 2.45) is 10.9 Å². The largest absolute Gasteiger partial charge is 0.375 e. The van der Waals surface area contributed by atoms with Gasteiger partial charge in [0.15, 0.2) is 0 Å². The predicted octanol–water partition coefficient (Wildman–Crippen LogP) is 11.7. The molecule has 1 heterocycles. The predicted molar refractivity (Wildman–Crippen MR) is 197 cm³/mol. The molecule has 0 aromatic heterocycles. The van der Waals surface area contributed by atoms with Gasteiger partial charge < -0.3 is 4.90 Å². The summed E-state index contributed by atoms with van der Waals surface area (Å²) in [6, 6.07) is 23.7. The van der Waals surface area contributed by atoms with E-state index in [0.29, 0.717) is 5.92 Å². The van der Waals surface area contributed by atoms with Gasteiger partial charge in [-0.05, 0) is 81.2 Å². The van der Waals surface area contributed by atoms with Crippen LogP contribution in [0.25, 0.3) is 5.70 Å². The van der Waals surface area contributed by atoms with Crippen LogP contribution in [0.2, 0.25) is 0 Å². The van der Waals surface area contributed by atoms with E-state index in [1.807, 2.05) is 0 Å². The number of aryl methyl sites for hydroxylation is 3. The first-order valence-electron chi connectivity index (χ1n) is 16.8. The third-order valence-corrected chi connectivity index (χ3v) is 7.80. The Morgan fingerprint density at radius 1 is 0.818 bits per heavy atom. The van der Waals surface area contributed by atoms with Crippen LogP contribution in [0.4, 0.5) is 11.4 Å². The Kier molecular flexibility index (Phi) is 15.8. The number of fused-ring (bicyclic) bond motifs is 1. The Morgan fingerprint density at radius 3 is 1.91 bits per heavy atom. The summed E-state index contributed by atoms with van der Waals surface area (Å²) >= 11 is 0. The number of nitrogens with zero attached hydrogens (tertiary/aromatic N) is 3. The van der Waals surface area contributed by atoms with Gasteiger partial charge in [-0.25, -0.2) is 4.99 Å². The van der Waals surface area contributed by atoms with Crippen LogP contribution in [0.1, 0.15) is 102 Å². The van der Waals surface area contributed by atoms with Crippen molar-refractivity contribution >= 4 is 22.9 Å². The molecule has 0 spiro atoms. The van der Waals surface area contributed by atoms with E-state index in [9.17, 15) is 0 Å². The molecule has 1 aliphatic heterocycles. The maximum atomic E-state index is 4.95. The van der Waals surface area contributed by atoms with Crippen molar-refractivity contribution in [3.63, 3.8) is 0 Å². The highest BCUT2D eigenvalue weighted by Gasteiger charge is 2.25. The molecule has 0 saturated carbocycles. The molecular weight excluding hydrogens is 534 g/mol. The average Bonchev–Trinajstić information content (AvgIpc) is 3.02. The molecule has 3 aromatic rings. The van der Waals surface area contributed by atoms with Crippen molar-refractivity contribution in [3.05, 3.63) is 113 Å². The molecule has 0 unspecified atom stereocenters. The lowest BCUT2D eigenvalue weighted by atomic mass is 9.97. The van der Waals surface area contributed by atoms with Crippen molar-refractivity contribution in [2.45, 2.75) is 101 Å². The topological polar surface area (TPSA) is 18.8 Å². The molecule has 0 radical (unpaired) electrons. The maximum Gasteiger partial charge on any atom is 0.114 e. The maximum absolute atomic E-state index is 4.95. The second-order valence-corrected chi connectivity index (χ2v) is 12.2. The van der Waals surface area contributed by atoms with E-state index in [4.69, 9.17) is 4.99 Å². The van der Waals surface area contributed by atoms with Crippen molar-refractivity contribution in [2.75, 3.05) is 18.0 Å². The molecule has 0 fully saturated rings. The number of allylic oxidation sites excluding steroid dienone is 1. The fraction of sp³-hybridized carbons (Fsp3) is 0.439. The summed E-state index contributed by atoms with van der Waals surface area (Å²) in [5.74, 6) is 1.68. The molecule has 1 aliphatic rings. The number of hydrogen-bond acceptors (Lipinski definition) is 3. The first-order valence-corrected chi connectivity index (χ1v) is 16.8. The second-order valence-electron chi connectivity index (χ2n) is 12.2. The van der Waals surface area contributed by atoms with Gasteiger partial charge >= 0.3 is 0 Å². The summed E-state index contributed by atoms with van der Waals surface area (Å²) in [4.78, 5) is 9.60. The van der Waals surface area contributed by atoms with Gasteiger partial charge in [0.2, 0.25) is 0 Å². The third-order valence-electron chi connectivity index (χ3n) is 7.80. The van der Waals surface area contributed by atoms with E-state index < -0.39 is 0 Å². The van der Waals surface area contributed by atoms with E-state index in [0.717, 1.165) is 48.5 Å². The quantitative estimate of drug-likeness (QED) is 0.220. The van der Waals surface area contributed by atoms with Crippen molar-refractivity contribution in [3.8, 4) is 0 Å². The van der Waals surface area contributed by atoms with Gasteiger partial charge in [0.1, 0.15) is 5.84 Å². The molecule has 3 heteroatoms. The highest BCUT2D eigenvalue weighted by Crippen LogP contribution is 2.39. The number of amidine groups is 1. The van der Waals surface area contributed by atoms with Gasteiger partial charge in [0.05, 0.1) is 11.4 Å². The van der Waals surface area contributed by atoms with Crippen LogP contribution in [0, 0.1) is 19.8 Å². The van der Waals surface area contributed by atoms with Crippen molar-refractivity contribution < 1.29 is 0 Å². The Balaban J connectivity index is 0.000000292. The van der Waals surface area contributed by atoms with Crippen LogP contribution in [0.15, 0.2) is 90.6 Å². The fourth-order valence-corrected chi connectivity index (χ4v) is 5.29. The first-order chi connectivity index (χ1) is 21.1. The lowest BCUT2D eigenvalue weighted by Gasteiger charge is -2.34. The number of anilines is 1. The van der Waals surface area contributed by atoms with Gasteiger partial charge in [0, 0.05) is 36.5 Å². The number of para-hydroxylation sites is 1. The second kappa shape index (κ2) is 18.9. The minimum absolute atomic E-state index is 0.611. The Labute approximate surface area is 270 Å². The zero-order valence-corrected chi connectivity index (χ0v) is 29.3. The van der Waals surface area contributed by atoms with Crippen LogP contribution < -0.4 is 4.90 Å². The lowest BCUT2D eigenvalue weighted by Crippen LogP contribution is -2.31. The smallest absolute Gasteiger partial charge is 0.114 e. The lowest BCUT2D eigenvalue weighted by molar-refractivity contribution is 0.337. The third kappa shape index (κ3) is 10.8. The molecule has 0 aliphatic carbocycles. The summed E-state index contributed by atoms with van der Waals surface area (Å²) < 4.78 is 0. The summed E-state index contributed by atoms with van der Waals surface area (Å²) in [7, 11) is 0. The van der Waals surface area contributed by atoms with E-state index in [1.54, 1.807) is 0 Å². The molecule has 3 aromatic carbocycles. The number of rotatable bonds is 11. The molecule has 0 bridgehead atoms. The van der Waals surface area contributed by atoms with Gasteiger partial charge in [-0.3, -0.25) is 4.90 Å². The minimum Gasteiger partial charge on any atom is -0.375 e. The molecule has 4 rings (SSSR count). The van der Waals surface area contributed by atoms with Crippen LogP contribution >= 0.6 is 0 Å². The van der Waals surface area contributed by atoms with Gasteiger partial charge in [0.25, 0.3) is 0 Å². The van der Waals surface area contributed by atoms with Crippen LogP contribution in [-0.4, -0.2) is 23.8 Å². The van der Waals surface area contributed by atoms with Gasteiger partial charge in [-0.15, -0.1) is 0 Å². The SMILES string of the molecule is C=C(CC)N(CCC)CCC.C=C1c2cc(CC)ccc2N=C(CC)N1c1ccccc1CC(C)C.Cc1ccc(C)cc1. The zero-order valence-electron chi connectivity index (χ0n) is 29.3. The molecule has 238 valence electrons. The van der Waals surface area contributed by atoms with Crippen molar-refractivity contribution in [1.82, 2.24) is 4.90 Å². The van der Waals surface area contributed by atoms with Gasteiger partial charge in [-0.2, -0.15) is 0 Å². The summed E-state index contributed by atoms with van der Waals surface area (Å²) in [6.45, 7) is 30.5. The Hall–Kier alpha value is -3.59. The Bertz CT molecular complexity index is 1320. The van der Waals surface area contributed by atoms with Crippen LogP contribution in [0.5, 0.6) is 0 Å². The molecule has 44 heavy (non-hydrogen) atoms. The molecule has 0 N–H and O–H groups in total. The zero-order chi connectivity index (χ0) is 32.6.